The van der Waals surface area contributed by atoms with Crippen LogP contribution in [0.5, 0.6) is 5.75 Å². The largest absolute Gasteiger partial charge is 0.497 e. The van der Waals surface area contributed by atoms with Gasteiger partial charge in [0.25, 0.3) is 0 Å². The summed E-state index contributed by atoms with van der Waals surface area (Å²) in [6.45, 7) is 1.83. The molecular formula is C17H20ClNO2. The molecule has 1 aliphatic heterocycles. The number of ketones is 1. The van der Waals surface area contributed by atoms with Crippen molar-refractivity contribution in [1.29, 1.82) is 0 Å². The molecule has 0 saturated carbocycles. The molecule has 112 valence electrons. The molecule has 0 aliphatic carbocycles. The summed E-state index contributed by atoms with van der Waals surface area (Å²) in [5.74, 6) is 1.22. The predicted molar refractivity (Wildman–Crippen MR) is 87.7 cm³/mol. The minimum atomic E-state index is 0. The molecule has 3 rings (SSSR count). The van der Waals surface area contributed by atoms with Crippen LogP contribution in [0.2, 0.25) is 0 Å². The molecule has 3 nitrogen and oxygen atoms in total. The average molecular weight is 306 g/mol. The number of Topliss-reactive ketones (excluding diaryl/α,β-unsaturated/α-hetero) is 1. The second kappa shape index (κ2) is 6.92. The number of carbonyl (C=O) groups excluding carboxylic acids is 1. The van der Waals surface area contributed by atoms with Gasteiger partial charge >= 0.3 is 0 Å². The summed E-state index contributed by atoms with van der Waals surface area (Å²) in [4.78, 5) is 12.5. The Hall–Kier alpha value is -1.58. The van der Waals surface area contributed by atoms with Gasteiger partial charge in [-0.25, -0.2) is 0 Å². The Morgan fingerprint density at radius 3 is 2.67 bits per heavy atom. The summed E-state index contributed by atoms with van der Waals surface area (Å²) >= 11 is 0. The molecule has 1 fully saturated rings. The Balaban J connectivity index is 0.00000161. The molecule has 1 atom stereocenters. The van der Waals surface area contributed by atoms with Crippen LogP contribution in [0.15, 0.2) is 36.4 Å². The third-order valence-electron chi connectivity index (χ3n) is 4.00. The number of nitrogens with one attached hydrogen (secondary N) is 1. The van der Waals surface area contributed by atoms with E-state index in [1.165, 1.54) is 0 Å². The minimum Gasteiger partial charge on any atom is -0.497 e. The highest BCUT2D eigenvalue weighted by molar-refractivity contribution is 6.01. The summed E-state index contributed by atoms with van der Waals surface area (Å²) in [5.41, 5.74) is 0.816. The summed E-state index contributed by atoms with van der Waals surface area (Å²) in [6.07, 6.45) is 2.08. The first-order valence-corrected chi connectivity index (χ1v) is 7.10. The fourth-order valence-corrected chi connectivity index (χ4v) is 2.82. The van der Waals surface area contributed by atoms with Crippen LogP contribution in [0.1, 0.15) is 23.2 Å². The van der Waals surface area contributed by atoms with E-state index in [9.17, 15) is 4.79 Å². The van der Waals surface area contributed by atoms with Gasteiger partial charge in [0.1, 0.15) is 5.75 Å². The first-order chi connectivity index (χ1) is 9.78. The first kappa shape index (κ1) is 15.8. The monoisotopic (exact) mass is 305 g/mol. The minimum absolute atomic E-state index is 0. The molecule has 1 N–H and O–H groups in total. The lowest BCUT2D eigenvalue weighted by Crippen LogP contribution is -2.34. The molecule has 21 heavy (non-hydrogen) atoms. The van der Waals surface area contributed by atoms with Gasteiger partial charge in [0, 0.05) is 18.0 Å². The van der Waals surface area contributed by atoms with Crippen molar-refractivity contribution in [3.8, 4) is 5.75 Å². The number of hydrogen-bond acceptors (Lipinski definition) is 3. The van der Waals surface area contributed by atoms with Crippen molar-refractivity contribution >= 4 is 29.0 Å². The fraction of sp³-hybridized carbons (Fsp3) is 0.353. The number of hydrogen-bond donors (Lipinski definition) is 1. The van der Waals surface area contributed by atoms with Gasteiger partial charge in [-0.15, -0.1) is 12.4 Å². The van der Waals surface area contributed by atoms with Crippen LogP contribution in [0.25, 0.3) is 10.8 Å². The van der Waals surface area contributed by atoms with Gasteiger partial charge in [0.05, 0.1) is 7.11 Å². The van der Waals surface area contributed by atoms with Gasteiger partial charge in [0.15, 0.2) is 5.78 Å². The second-order valence-corrected chi connectivity index (χ2v) is 5.34. The number of ether oxygens (including phenoxy) is 1. The van der Waals surface area contributed by atoms with E-state index in [0.29, 0.717) is 0 Å². The van der Waals surface area contributed by atoms with E-state index in [1.807, 2.05) is 36.4 Å². The molecule has 2 aromatic carbocycles. The highest BCUT2D eigenvalue weighted by Crippen LogP contribution is 2.24. The van der Waals surface area contributed by atoms with Crippen LogP contribution >= 0.6 is 12.4 Å². The highest BCUT2D eigenvalue weighted by atomic mass is 35.5. The van der Waals surface area contributed by atoms with E-state index in [2.05, 4.69) is 5.32 Å². The number of rotatable bonds is 3. The Bertz CT molecular complexity index is 636. The lowest BCUT2D eigenvalue weighted by Gasteiger charge is -2.21. The smallest absolute Gasteiger partial charge is 0.167 e. The maximum Gasteiger partial charge on any atom is 0.167 e. The Kier molecular flexibility index (Phi) is 5.21. The lowest BCUT2D eigenvalue weighted by molar-refractivity contribution is 0.0900. The maximum atomic E-state index is 12.5. The second-order valence-electron chi connectivity index (χ2n) is 5.34. The quantitative estimate of drug-likeness (QED) is 0.883. The van der Waals surface area contributed by atoms with E-state index in [1.54, 1.807) is 7.11 Å². The standard InChI is InChI=1S/C17H19NO2.ClH/c1-20-16-7-6-12-9-14(5-4-13(12)10-16)17(19)15-3-2-8-18-11-15;/h4-7,9-10,15,18H,2-3,8,11H2,1H3;1H. The third-order valence-corrected chi connectivity index (χ3v) is 4.00. The molecule has 1 unspecified atom stereocenters. The van der Waals surface area contributed by atoms with Crippen LogP contribution in [-0.4, -0.2) is 26.0 Å². The Labute approximate surface area is 131 Å². The fourth-order valence-electron chi connectivity index (χ4n) is 2.82. The topological polar surface area (TPSA) is 38.3 Å². The third kappa shape index (κ3) is 3.36. The number of methoxy groups -OCH3 is 1. The van der Waals surface area contributed by atoms with Crippen molar-refractivity contribution < 1.29 is 9.53 Å². The maximum absolute atomic E-state index is 12.5. The molecule has 0 amide bonds. The van der Waals surface area contributed by atoms with Gasteiger partial charge in [-0.05, 0) is 48.4 Å². The van der Waals surface area contributed by atoms with Crippen LogP contribution in [0.4, 0.5) is 0 Å². The van der Waals surface area contributed by atoms with Crippen molar-refractivity contribution in [3.05, 3.63) is 42.0 Å². The van der Waals surface area contributed by atoms with E-state index in [4.69, 9.17) is 4.74 Å². The van der Waals surface area contributed by atoms with Crippen molar-refractivity contribution in [3.63, 3.8) is 0 Å². The van der Waals surface area contributed by atoms with Crippen LogP contribution in [0.3, 0.4) is 0 Å². The molecule has 0 aromatic heterocycles. The van der Waals surface area contributed by atoms with E-state index < -0.39 is 0 Å². The summed E-state index contributed by atoms with van der Waals surface area (Å²) in [6, 6.07) is 11.8. The zero-order chi connectivity index (χ0) is 13.9. The zero-order valence-electron chi connectivity index (χ0n) is 12.1. The molecule has 1 saturated heterocycles. The van der Waals surface area contributed by atoms with Crippen LogP contribution in [0, 0.1) is 5.92 Å². The van der Waals surface area contributed by atoms with Crippen molar-refractivity contribution in [2.75, 3.05) is 20.2 Å². The molecule has 4 heteroatoms. The Morgan fingerprint density at radius 1 is 1.19 bits per heavy atom. The zero-order valence-corrected chi connectivity index (χ0v) is 12.9. The molecule has 0 bridgehead atoms. The predicted octanol–water partition coefficient (Wildman–Crippen LogP) is 3.45. The van der Waals surface area contributed by atoms with Gasteiger partial charge in [-0.3, -0.25) is 4.79 Å². The van der Waals surface area contributed by atoms with E-state index in [0.717, 1.165) is 48.0 Å². The normalized spacial score (nSPS) is 18.0. The summed E-state index contributed by atoms with van der Waals surface area (Å²) < 4.78 is 5.22. The molecule has 1 heterocycles. The molecule has 1 aliphatic rings. The van der Waals surface area contributed by atoms with Gasteiger partial charge in [0.2, 0.25) is 0 Å². The van der Waals surface area contributed by atoms with Crippen molar-refractivity contribution in [2.45, 2.75) is 12.8 Å². The molecule has 0 spiro atoms. The highest BCUT2D eigenvalue weighted by Gasteiger charge is 2.22. The SMILES string of the molecule is COc1ccc2cc(C(=O)C3CCCNC3)ccc2c1.Cl. The van der Waals surface area contributed by atoms with Gasteiger partial charge in [-0.2, -0.15) is 0 Å². The van der Waals surface area contributed by atoms with E-state index in [-0.39, 0.29) is 24.1 Å². The van der Waals surface area contributed by atoms with Crippen LogP contribution in [-0.2, 0) is 0 Å². The molecule has 0 radical (unpaired) electrons. The average Bonchev–Trinajstić information content (AvgIpc) is 2.54. The Morgan fingerprint density at radius 2 is 1.95 bits per heavy atom. The number of benzene rings is 2. The number of carbonyl (C=O) groups is 1. The van der Waals surface area contributed by atoms with Crippen LogP contribution < -0.4 is 10.1 Å². The van der Waals surface area contributed by atoms with Crippen molar-refractivity contribution in [2.24, 2.45) is 5.92 Å². The number of fused-ring (bicyclic) bond motifs is 1. The number of halogens is 1. The van der Waals surface area contributed by atoms with Crippen molar-refractivity contribution in [1.82, 2.24) is 5.32 Å². The first-order valence-electron chi connectivity index (χ1n) is 7.10. The summed E-state index contributed by atoms with van der Waals surface area (Å²) in [7, 11) is 1.66. The molecule has 2 aromatic rings. The van der Waals surface area contributed by atoms with Gasteiger partial charge in [-0.1, -0.05) is 18.2 Å². The van der Waals surface area contributed by atoms with Gasteiger partial charge < -0.3 is 10.1 Å². The number of piperidine rings is 1. The summed E-state index contributed by atoms with van der Waals surface area (Å²) in [5, 5.41) is 5.48. The molecular weight excluding hydrogens is 286 g/mol. The van der Waals surface area contributed by atoms with E-state index >= 15 is 0 Å². The lowest BCUT2D eigenvalue weighted by atomic mass is 9.90.